The number of rotatable bonds is 3. The zero-order valence-electron chi connectivity index (χ0n) is 16.7. The second kappa shape index (κ2) is 6.43. The van der Waals surface area contributed by atoms with E-state index >= 15 is 0 Å². The van der Waals surface area contributed by atoms with E-state index < -0.39 is 11.4 Å². The fraction of sp³-hybridized carbons (Fsp3) is 0.125. The quantitative estimate of drug-likeness (QED) is 0.421. The number of hydrogen-bond donors (Lipinski definition) is 0. The van der Waals surface area contributed by atoms with E-state index in [0.29, 0.717) is 0 Å². The Labute approximate surface area is 177 Å². The third-order valence-electron chi connectivity index (χ3n) is 6.08. The third-order valence-corrected chi connectivity index (χ3v) is 6.08. The summed E-state index contributed by atoms with van der Waals surface area (Å²) in [4.78, 5) is 26.7. The first kappa shape index (κ1) is 17.7. The van der Waals surface area contributed by atoms with Crippen molar-refractivity contribution in [2.75, 3.05) is 7.11 Å². The summed E-state index contributed by atoms with van der Waals surface area (Å²) in [6, 6.07) is 22.5. The highest BCUT2D eigenvalue weighted by Gasteiger charge is 2.44. The summed E-state index contributed by atoms with van der Waals surface area (Å²) >= 11 is 0. The molecule has 0 spiro atoms. The summed E-state index contributed by atoms with van der Waals surface area (Å²) in [5.41, 5.74) is 4.04. The number of ether oxygens (including phenoxy) is 1. The third kappa shape index (κ3) is 2.37. The van der Waals surface area contributed by atoms with Gasteiger partial charge in [0.05, 0.1) is 13.3 Å². The molecule has 0 saturated heterocycles. The Morgan fingerprint density at radius 1 is 0.742 bits per heavy atom. The maximum absolute atomic E-state index is 13.3. The second-order valence-corrected chi connectivity index (χ2v) is 7.65. The minimum absolute atomic E-state index is 0.352. The lowest BCUT2D eigenvalue weighted by atomic mass is 9.78. The molecule has 0 fully saturated rings. The standard InChI is InChI=1S/C24H18N4O3/c1-31-16-12-10-15(11-13-16)14-25-26-23(29)27-21-17-6-2-3-7-18(17)22(28(27)24(26)30)20-9-5-4-8-19(20)21/h2-14,21-22H,1H3/b25-14+. The summed E-state index contributed by atoms with van der Waals surface area (Å²) in [5, 5.41) is 4.24. The molecule has 3 aromatic carbocycles. The molecule has 152 valence electrons. The molecule has 2 aliphatic heterocycles. The summed E-state index contributed by atoms with van der Waals surface area (Å²) in [7, 11) is 1.60. The van der Waals surface area contributed by atoms with Crippen molar-refractivity contribution in [1.29, 1.82) is 0 Å². The van der Waals surface area contributed by atoms with Gasteiger partial charge in [-0.05, 0) is 52.1 Å². The lowest BCUT2D eigenvalue weighted by Crippen LogP contribution is -2.44. The van der Waals surface area contributed by atoms with E-state index in [1.54, 1.807) is 28.6 Å². The molecular weight excluding hydrogens is 392 g/mol. The van der Waals surface area contributed by atoms with Gasteiger partial charge in [0.2, 0.25) is 0 Å². The van der Waals surface area contributed by atoms with Crippen molar-refractivity contribution < 1.29 is 4.74 Å². The van der Waals surface area contributed by atoms with Gasteiger partial charge in [-0.3, -0.25) is 0 Å². The first-order chi connectivity index (χ1) is 15.2. The molecule has 0 amide bonds. The Morgan fingerprint density at radius 2 is 1.19 bits per heavy atom. The molecule has 3 heterocycles. The van der Waals surface area contributed by atoms with Gasteiger partial charge in [-0.25, -0.2) is 19.0 Å². The molecule has 31 heavy (non-hydrogen) atoms. The molecule has 0 unspecified atom stereocenters. The van der Waals surface area contributed by atoms with Crippen LogP contribution < -0.4 is 16.1 Å². The van der Waals surface area contributed by atoms with Crippen LogP contribution >= 0.6 is 0 Å². The Balaban J connectivity index is 1.54. The average Bonchev–Trinajstić information content (AvgIpc) is 3.08. The Kier molecular flexibility index (Phi) is 3.67. The highest BCUT2D eigenvalue weighted by molar-refractivity contribution is 5.79. The number of aromatic nitrogens is 3. The first-order valence-corrected chi connectivity index (χ1v) is 10.0. The van der Waals surface area contributed by atoms with Crippen molar-refractivity contribution in [3.8, 4) is 5.75 Å². The Bertz CT molecular complexity index is 1340. The van der Waals surface area contributed by atoms with Crippen LogP contribution in [0.2, 0.25) is 0 Å². The van der Waals surface area contributed by atoms with Crippen LogP contribution in [-0.4, -0.2) is 27.4 Å². The van der Waals surface area contributed by atoms with Crippen molar-refractivity contribution in [3.63, 3.8) is 0 Å². The Morgan fingerprint density at radius 3 is 1.61 bits per heavy atom. The zero-order valence-corrected chi connectivity index (χ0v) is 16.7. The number of benzene rings is 3. The minimum Gasteiger partial charge on any atom is -0.497 e. The van der Waals surface area contributed by atoms with Crippen LogP contribution in [0.25, 0.3) is 0 Å². The van der Waals surface area contributed by atoms with Crippen molar-refractivity contribution in [2.45, 2.75) is 12.1 Å². The number of nitrogens with zero attached hydrogens (tertiary/aromatic N) is 4. The van der Waals surface area contributed by atoms with Crippen molar-refractivity contribution in [1.82, 2.24) is 14.0 Å². The minimum atomic E-state index is -0.450. The van der Waals surface area contributed by atoms with Crippen molar-refractivity contribution in [3.05, 3.63) is 122 Å². The van der Waals surface area contributed by atoms with Crippen molar-refractivity contribution in [2.24, 2.45) is 5.10 Å². The van der Waals surface area contributed by atoms with Gasteiger partial charge in [-0.15, -0.1) is 4.68 Å². The molecule has 0 radical (unpaired) electrons. The van der Waals surface area contributed by atoms with Crippen LogP contribution in [0.3, 0.4) is 0 Å². The predicted octanol–water partition coefficient (Wildman–Crippen LogP) is 2.60. The molecule has 2 bridgehead atoms. The van der Waals surface area contributed by atoms with E-state index in [2.05, 4.69) is 5.10 Å². The summed E-state index contributed by atoms with van der Waals surface area (Å²) in [5.74, 6) is 0.723. The predicted molar refractivity (Wildman–Crippen MR) is 116 cm³/mol. The molecule has 4 aromatic rings. The highest BCUT2D eigenvalue weighted by atomic mass is 16.5. The van der Waals surface area contributed by atoms with Crippen LogP contribution in [0, 0.1) is 0 Å². The molecule has 0 N–H and O–H groups in total. The molecule has 1 aromatic heterocycles. The second-order valence-electron chi connectivity index (χ2n) is 7.65. The largest absolute Gasteiger partial charge is 0.497 e. The fourth-order valence-corrected chi connectivity index (χ4v) is 4.72. The summed E-state index contributed by atoms with van der Waals surface area (Å²) in [6.45, 7) is 0. The molecule has 7 heteroatoms. The van der Waals surface area contributed by atoms with Crippen LogP contribution in [0.5, 0.6) is 5.75 Å². The maximum atomic E-state index is 13.3. The van der Waals surface area contributed by atoms with Gasteiger partial charge in [-0.2, -0.15) is 5.10 Å². The SMILES string of the molecule is COc1ccc(/C=N/n2c(=O)n3n(c2=O)C2c4ccccc4C3c3ccccc32)cc1. The molecule has 1 aliphatic carbocycles. The van der Waals surface area contributed by atoms with Crippen molar-refractivity contribution >= 4 is 6.21 Å². The molecule has 7 rings (SSSR count). The van der Waals surface area contributed by atoms with E-state index in [9.17, 15) is 9.59 Å². The van der Waals surface area contributed by atoms with Gasteiger partial charge in [-0.1, -0.05) is 48.5 Å². The molecule has 7 nitrogen and oxygen atoms in total. The average molecular weight is 410 g/mol. The van der Waals surface area contributed by atoms with E-state index in [1.807, 2.05) is 60.7 Å². The van der Waals surface area contributed by atoms with Crippen LogP contribution in [0.15, 0.2) is 87.5 Å². The zero-order chi connectivity index (χ0) is 21.1. The first-order valence-electron chi connectivity index (χ1n) is 10.0. The molecule has 0 atom stereocenters. The van der Waals surface area contributed by atoms with Crippen LogP contribution in [-0.2, 0) is 0 Å². The van der Waals surface area contributed by atoms with E-state index in [0.717, 1.165) is 38.2 Å². The van der Waals surface area contributed by atoms with Gasteiger partial charge in [0.15, 0.2) is 0 Å². The highest BCUT2D eigenvalue weighted by Crippen LogP contribution is 2.47. The van der Waals surface area contributed by atoms with Gasteiger partial charge in [0, 0.05) is 0 Å². The van der Waals surface area contributed by atoms with E-state index in [4.69, 9.17) is 4.74 Å². The summed E-state index contributed by atoms with van der Waals surface area (Å²) < 4.78 is 9.20. The van der Waals surface area contributed by atoms with E-state index in [-0.39, 0.29) is 12.1 Å². The molecule has 3 aliphatic rings. The van der Waals surface area contributed by atoms with Gasteiger partial charge < -0.3 is 4.74 Å². The Hall–Kier alpha value is -4.13. The molecular formula is C24H18N4O3. The van der Waals surface area contributed by atoms with Gasteiger partial charge >= 0.3 is 11.4 Å². The molecule has 0 saturated carbocycles. The lowest BCUT2D eigenvalue weighted by molar-refractivity contribution is 0.350. The normalized spacial score (nSPS) is 18.0. The topological polar surface area (TPSA) is 70.5 Å². The lowest BCUT2D eigenvalue weighted by Gasteiger charge is -2.41. The number of hydrogen-bond acceptors (Lipinski definition) is 4. The fourth-order valence-electron chi connectivity index (χ4n) is 4.72. The van der Waals surface area contributed by atoms with Crippen LogP contribution in [0.1, 0.15) is 39.9 Å². The van der Waals surface area contributed by atoms with Gasteiger partial charge in [0.25, 0.3) is 0 Å². The monoisotopic (exact) mass is 410 g/mol. The number of methoxy groups -OCH3 is 1. The smallest absolute Gasteiger partial charge is 0.369 e. The van der Waals surface area contributed by atoms with Gasteiger partial charge in [0.1, 0.15) is 17.8 Å². The summed E-state index contributed by atoms with van der Waals surface area (Å²) in [6.07, 6.45) is 1.51. The van der Waals surface area contributed by atoms with E-state index in [1.165, 1.54) is 6.21 Å². The van der Waals surface area contributed by atoms with Crippen LogP contribution in [0.4, 0.5) is 0 Å². The maximum Gasteiger partial charge on any atom is 0.369 e.